The van der Waals surface area contributed by atoms with E-state index < -0.39 is 5.60 Å². The summed E-state index contributed by atoms with van der Waals surface area (Å²) >= 11 is 0. The van der Waals surface area contributed by atoms with Gasteiger partial charge in [0.05, 0.1) is 59.2 Å². The minimum absolute atomic E-state index is 0.0730. The lowest BCUT2D eigenvalue weighted by Gasteiger charge is -2.50. The molecule has 9 nitrogen and oxygen atoms in total. The summed E-state index contributed by atoms with van der Waals surface area (Å²) in [5.74, 6) is 0.444. The van der Waals surface area contributed by atoms with Crippen molar-refractivity contribution in [1.29, 1.82) is 0 Å². The van der Waals surface area contributed by atoms with Gasteiger partial charge in [-0.25, -0.2) is 18.1 Å². The number of hydrogen-bond donors (Lipinski definition) is 1. The molecule has 3 fully saturated rings. The van der Waals surface area contributed by atoms with E-state index in [0.29, 0.717) is 24.9 Å². The standard InChI is InChI=1S/C30H32FN3O2.C29H28FN3O/c1-36-20-29(35)12-13-30(18-25-7-2-3-14-32-25)23(17-29)6-4-5-21-16-28-22(15-27(21)30)19-33-34(28)26-10-8-24(31)9-11-26;30-23-7-9-25(10-8-23)33-27-15-20-4-3-5-22-16-28(19-34-28)11-12-29(22,17-24-6-1-2-13-31-24)26(20)14-21(27)18-32-33/h2-3,7-11,14-16,19,23,35H,4-6,12-13,17-18,20H2,1H3;1-2,6-10,13-15,18,22H,3-5,11-12,16-17,19H2/t23-,29+,30-;22-,28+,29-/m00/s1. The lowest BCUT2D eigenvalue weighted by Crippen LogP contribution is -2.51. The topological polar surface area (TPSA) is 103 Å². The van der Waals surface area contributed by atoms with Crippen molar-refractivity contribution in [1.82, 2.24) is 29.5 Å². The summed E-state index contributed by atoms with van der Waals surface area (Å²) in [6, 6.07) is 34.9. The van der Waals surface area contributed by atoms with E-state index in [0.717, 1.165) is 116 Å². The maximum Gasteiger partial charge on any atom is 0.123 e. The first kappa shape index (κ1) is 45.0. The fraction of sp³-hybridized carbons (Fsp3) is 0.390. The van der Waals surface area contributed by atoms with Gasteiger partial charge < -0.3 is 14.6 Å². The molecule has 0 unspecified atom stereocenters. The number of pyridine rings is 2. The highest BCUT2D eigenvalue weighted by atomic mass is 19.1. The molecule has 6 atom stereocenters. The van der Waals surface area contributed by atoms with Gasteiger partial charge in [0.15, 0.2) is 0 Å². The highest BCUT2D eigenvalue weighted by Gasteiger charge is 2.57. The number of hydrogen-bond acceptors (Lipinski definition) is 7. The van der Waals surface area contributed by atoms with Crippen molar-refractivity contribution in [3.05, 3.63) is 179 Å². The first-order chi connectivity index (χ1) is 34.1. The van der Waals surface area contributed by atoms with Crippen molar-refractivity contribution in [3.63, 3.8) is 0 Å². The number of fused-ring (bicyclic) bond motifs is 8. The lowest BCUT2D eigenvalue weighted by molar-refractivity contribution is -0.0899. The summed E-state index contributed by atoms with van der Waals surface area (Å²) in [7, 11) is 1.67. The number of benzene rings is 4. The third-order valence-corrected chi connectivity index (χ3v) is 17.1. The predicted molar refractivity (Wildman–Crippen MR) is 267 cm³/mol. The molecule has 5 heterocycles. The molecule has 358 valence electrons. The number of epoxide rings is 1. The van der Waals surface area contributed by atoms with Gasteiger partial charge in [-0.3, -0.25) is 9.97 Å². The molecule has 5 aliphatic rings. The van der Waals surface area contributed by atoms with Crippen LogP contribution in [0.25, 0.3) is 33.2 Å². The van der Waals surface area contributed by atoms with Crippen molar-refractivity contribution in [2.75, 3.05) is 20.3 Å². The molecule has 4 aromatic carbocycles. The number of rotatable bonds is 8. The van der Waals surface area contributed by atoms with Crippen LogP contribution in [0.4, 0.5) is 8.78 Å². The molecule has 0 amide bonds. The maximum atomic E-state index is 13.5. The van der Waals surface area contributed by atoms with Gasteiger partial charge in [-0.1, -0.05) is 12.1 Å². The molecule has 70 heavy (non-hydrogen) atoms. The van der Waals surface area contributed by atoms with E-state index in [9.17, 15) is 13.9 Å². The van der Waals surface area contributed by atoms with Gasteiger partial charge in [0.2, 0.25) is 0 Å². The Labute approximate surface area is 407 Å². The Bertz CT molecular complexity index is 3160. The highest BCUT2D eigenvalue weighted by molar-refractivity contribution is 5.84. The molecule has 0 bridgehead atoms. The fourth-order valence-electron chi connectivity index (χ4n) is 13.6. The number of halogens is 2. The Morgan fingerprint density at radius 2 is 1.14 bits per heavy atom. The van der Waals surface area contributed by atoms with Crippen LogP contribution < -0.4 is 0 Å². The molecule has 1 saturated heterocycles. The van der Waals surface area contributed by atoms with Crippen molar-refractivity contribution in [2.24, 2.45) is 11.8 Å². The van der Waals surface area contributed by atoms with Crippen LogP contribution in [0, 0.1) is 23.5 Å². The SMILES string of the molecule is COC[C@@]1(O)CC[C@@]2(Cc3ccccn3)c3cc4cnn(-c5ccc(F)cc5)c4cc3CCC[C@H]2C1.Fc1ccc(-n2ncc3cc4c(cc32)CCC[C@H]2C[C@]3(CC[C@@]42Cc2ccccn2)CO3)cc1. The molecule has 8 aromatic rings. The van der Waals surface area contributed by atoms with Gasteiger partial charge in [-0.15, -0.1) is 0 Å². The average molecular weight is 939 g/mol. The third-order valence-electron chi connectivity index (χ3n) is 17.1. The van der Waals surface area contributed by atoms with Crippen molar-refractivity contribution >= 4 is 21.8 Å². The Morgan fingerprint density at radius 3 is 1.61 bits per heavy atom. The predicted octanol–water partition coefficient (Wildman–Crippen LogP) is 11.5. The summed E-state index contributed by atoms with van der Waals surface area (Å²) in [5, 5.41) is 23.0. The van der Waals surface area contributed by atoms with Crippen molar-refractivity contribution in [2.45, 2.75) is 112 Å². The quantitative estimate of drug-likeness (QED) is 0.151. The molecule has 1 aliphatic heterocycles. The summed E-state index contributed by atoms with van der Waals surface area (Å²) in [6.07, 6.45) is 21.9. The Kier molecular flexibility index (Phi) is 11.5. The molecule has 0 radical (unpaired) electrons. The third kappa shape index (κ3) is 8.23. The van der Waals surface area contributed by atoms with E-state index in [1.807, 2.05) is 46.3 Å². The van der Waals surface area contributed by atoms with Crippen LogP contribution in [0.2, 0.25) is 0 Å². The van der Waals surface area contributed by atoms with Gasteiger partial charge in [0.25, 0.3) is 0 Å². The van der Waals surface area contributed by atoms with E-state index in [-0.39, 0.29) is 28.1 Å². The molecule has 1 spiro atoms. The largest absolute Gasteiger partial charge is 0.387 e. The fourth-order valence-corrected chi connectivity index (χ4v) is 13.6. The summed E-state index contributed by atoms with van der Waals surface area (Å²) in [6.45, 7) is 1.30. The average Bonchev–Trinajstić information content (AvgIpc) is 3.90. The first-order valence-corrected chi connectivity index (χ1v) is 25.3. The van der Waals surface area contributed by atoms with E-state index in [4.69, 9.17) is 24.5 Å². The van der Waals surface area contributed by atoms with Crippen LogP contribution in [0.15, 0.2) is 134 Å². The number of aliphatic hydroxyl groups is 1. The van der Waals surface area contributed by atoms with Crippen LogP contribution in [0.5, 0.6) is 0 Å². The molecular formula is C59H60F2N6O3. The smallest absolute Gasteiger partial charge is 0.123 e. The van der Waals surface area contributed by atoms with E-state index in [1.165, 1.54) is 65.1 Å². The molecule has 4 aliphatic carbocycles. The van der Waals surface area contributed by atoms with Crippen LogP contribution in [-0.4, -0.2) is 66.2 Å². The van der Waals surface area contributed by atoms with Crippen LogP contribution >= 0.6 is 0 Å². The van der Waals surface area contributed by atoms with Gasteiger partial charge in [0, 0.05) is 52.5 Å². The van der Waals surface area contributed by atoms with Gasteiger partial charge in [-0.05, 0) is 221 Å². The second-order valence-electron chi connectivity index (χ2n) is 21.2. The zero-order chi connectivity index (χ0) is 47.5. The molecule has 2 saturated carbocycles. The lowest BCUT2D eigenvalue weighted by atomic mass is 9.56. The van der Waals surface area contributed by atoms with Crippen molar-refractivity contribution < 1.29 is 23.4 Å². The number of ether oxygens (including phenoxy) is 2. The summed E-state index contributed by atoms with van der Waals surface area (Å²) in [4.78, 5) is 9.46. The summed E-state index contributed by atoms with van der Waals surface area (Å²) < 4.78 is 42.3. The Balaban J connectivity index is 0.000000144. The Hall–Kier alpha value is -6.14. The molecule has 11 heteroatoms. The van der Waals surface area contributed by atoms with E-state index in [2.05, 4.69) is 53.6 Å². The number of aromatic nitrogens is 6. The zero-order valence-electron chi connectivity index (χ0n) is 39.9. The molecular weight excluding hydrogens is 879 g/mol. The monoisotopic (exact) mass is 938 g/mol. The van der Waals surface area contributed by atoms with Gasteiger partial charge in [-0.2, -0.15) is 10.2 Å². The second-order valence-corrected chi connectivity index (χ2v) is 21.2. The normalized spacial score (nSPS) is 26.8. The number of nitrogens with zero attached hydrogens (tertiary/aromatic N) is 6. The van der Waals surface area contributed by atoms with Crippen molar-refractivity contribution in [3.8, 4) is 11.4 Å². The minimum Gasteiger partial charge on any atom is -0.387 e. The zero-order valence-corrected chi connectivity index (χ0v) is 39.9. The molecule has 1 N–H and O–H groups in total. The van der Waals surface area contributed by atoms with Gasteiger partial charge in [0.1, 0.15) is 11.6 Å². The van der Waals surface area contributed by atoms with Crippen LogP contribution in [-0.2, 0) is 46.0 Å². The highest BCUT2D eigenvalue weighted by Crippen LogP contribution is 2.58. The molecule has 13 rings (SSSR count). The van der Waals surface area contributed by atoms with Gasteiger partial charge >= 0.3 is 0 Å². The summed E-state index contributed by atoms with van der Waals surface area (Å²) in [5.41, 5.74) is 11.1. The number of methoxy groups -OCH3 is 1. The van der Waals surface area contributed by atoms with Crippen LogP contribution in [0.1, 0.15) is 97.8 Å². The second kappa shape index (κ2) is 17.9. The minimum atomic E-state index is -0.783. The molecule has 4 aromatic heterocycles. The van der Waals surface area contributed by atoms with E-state index >= 15 is 0 Å². The van der Waals surface area contributed by atoms with E-state index in [1.54, 1.807) is 31.4 Å². The maximum absolute atomic E-state index is 13.5. The van der Waals surface area contributed by atoms with Crippen LogP contribution in [0.3, 0.4) is 0 Å². The number of aryl methyl sites for hydroxylation is 2. The Morgan fingerprint density at radius 1 is 0.643 bits per heavy atom. The first-order valence-electron chi connectivity index (χ1n) is 25.3.